The first-order valence-corrected chi connectivity index (χ1v) is 9.01. The zero-order chi connectivity index (χ0) is 17.6. The molecular formula is C18H27N5O2. The highest BCUT2D eigenvalue weighted by atomic mass is 16.5. The van der Waals surface area contributed by atoms with Crippen molar-refractivity contribution in [1.29, 1.82) is 0 Å². The zero-order valence-corrected chi connectivity index (χ0v) is 15.0. The van der Waals surface area contributed by atoms with E-state index in [-0.39, 0.29) is 11.9 Å². The quantitative estimate of drug-likeness (QED) is 0.794. The fourth-order valence-electron chi connectivity index (χ4n) is 2.99. The van der Waals surface area contributed by atoms with Crippen molar-refractivity contribution in [3.8, 4) is 0 Å². The van der Waals surface area contributed by atoms with Crippen LogP contribution in [0.25, 0.3) is 11.2 Å². The fraction of sp³-hybridized carbons (Fsp3) is 0.611. The lowest BCUT2D eigenvalue weighted by molar-refractivity contribution is -0.122. The number of pyridine rings is 1. The van der Waals surface area contributed by atoms with Gasteiger partial charge in [-0.2, -0.15) is 0 Å². The molecule has 7 heteroatoms. The number of rotatable bonds is 7. The molecule has 0 aliphatic carbocycles. The summed E-state index contributed by atoms with van der Waals surface area (Å²) in [6.07, 6.45) is 3.25. The van der Waals surface area contributed by atoms with E-state index in [9.17, 15) is 4.79 Å². The molecule has 0 radical (unpaired) electrons. The van der Waals surface area contributed by atoms with E-state index < -0.39 is 0 Å². The molecule has 1 fully saturated rings. The number of amides is 1. The molecule has 0 aromatic carbocycles. The van der Waals surface area contributed by atoms with E-state index in [1.54, 1.807) is 6.20 Å². The third-order valence-corrected chi connectivity index (χ3v) is 4.39. The summed E-state index contributed by atoms with van der Waals surface area (Å²) in [5.41, 5.74) is 1.76. The first-order valence-electron chi connectivity index (χ1n) is 9.01. The van der Waals surface area contributed by atoms with Crippen LogP contribution in [0.3, 0.4) is 0 Å². The Hall–Kier alpha value is -1.99. The molecule has 3 rings (SSSR count). The highest BCUT2D eigenvalue weighted by molar-refractivity contribution is 5.77. The smallest absolute Gasteiger partial charge is 0.222 e. The van der Waals surface area contributed by atoms with Crippen LogP contribution < -0.4 is 10.6 Å². The Morgan fingerprint density at radius 1 is 1.52 bits per heavy atom. The van der Waals surface area contributed by atoms with Crippen LogP contribution in [-0.4, -0.2) is 46.2 Å². The molecule has 1 unspecified atom stereocenters. The molecule has 1 saturated heterocycles. The lowest BCUT2D eigenvalue weighted by Crippen LogP contribution is -2.44. The van der Waals surface area contributed by atoms with Crippen LogP contribution in [0.4, 0.5) is 0 Å². The molecule has 2 aromatic heterocycles. The second kappa shape index (κ2) is 8.40. The number of morpholine rings is 1. The van der Waals surface area contributed by atoms with Gasteiger partial charge < -0.3 is 19.9 Å². The molecule has 0 saturated carbocycles. The number of hydrogen-bond acceptors (Lipinski definition) is 5. The van der Waals surface area contributed by atoms with Gasteiger partial charge in [-0.3, -0.25) is 4.79 Å². The first kappa shape index (κ1) is 17.8. The predicted molar refractivity (Wildman–Crippen MR) is 96.1 cm³/mol. The van der Waals surface area contributed by atoms with E-state index in [1.165, 1.54) is 0 Å². The molecule has 3 heterocycles. The average molecular weight is 345 g/mol. The van der Waals surface area contributed by atoms with Crippen molar-refractivity contribution in [2.24, 2.45) is 5.92 Å². The molecule has 0 spiro atoms. The minimum atomic E-state index is 0.0124. The van der Waals surface area contributed by atoms with Gasteiger partial charge in [0.15, 0.2) is 5.65 Å². The van der Waals surface area contributed by atoms with Crippen molar-refractivity contribution in [2.75, 3.05) is 19.8 Å². The molecule has 1 aliphatic rings. The molecule has 0 bridgehead atoms. The van der Waals surface area contributed by atoms with E-state index in [4.69, 9.17) is 4.74 Å². The van der Waals surface area contributed by atoms with Crippen LogP contribution in [0.1, 0.15) is 32.5 Å². The van der Waals surface area contributed by atoms with Gasteiger partial charge in [-0.15, -0.1) is 0 Å². The maximum Gasteiger partial charge on any atom is 0.222 e. The van der Waals surface area contributed by atoms with E-state index in [0.29, 0.717) is 32.1 Å². The molecule has 7 nitrogen and oxygen atoms in total. The van der Waals surface area contributed by atoms with Gasteiger partial charge >= 0.3 is 0 Å². The first-order chi connectivity index (χ1) is 12.1. The zero-order valence-electron chi connectivity index (χ0n) is 15.0. The van der Waals surface area contributed by atoms with Crippen molar-refractivity contribution in [2.45, 2.75) is 45.8 Å². The lowest BCUT2D eigenvalue weighted by Gasteiger charge is -2.23. The molecular weight excluding hydrogens is 318 g/mol. The van der Waals surface area contributed by atoms with E-state index in [0.717, 1.165) is 36.5 Å². The molecule has 2 N–H and O–H groups in total. The number of nitrogens with zero attached hydrogens (tertiary/aromatic N) is 3. The van der Waals surface area contributed by atoms with Crippen LogP contribution in [0, 0.1) is 5.92 Å². The number of fused-ring (bicyclic) bond motifs is 1. The monoisotopic (exact) mass is 345 g/mol. The minimum Gasteiger partial charge on any atom is -0.378 e. The average Bonchev–Trinajstić information content (AvgIpc) is 2.96. The van der Waals surface area contributed by atoms with Gasteiger partial charge in [0.25, 0.3) is 0 Å². The van der Waals surface area contributed by atoms with Crippen molar-refractivity contribution in [1.82, 2.24) is 25.2 Å². The third kappa shape index (κ3) is 4.76. The maximum atomic E-state index is 12.2. The van der Waals surface area contributed by atoms with Gasteiger partial charge in [0, 0.05) is 31.7 Å². The summed E-state index contributed by atoms with van der Waals surface area (Å²) in [6, 6.07) is 3.94. The number of aromatic nitrogens is 3. The number of nitrogens with one attached hydrogen (secondary N) is 2. The Labute approximate surface area is 148 Å². The highest BCUT2D eigenvalue weighted by Crippen LogP contribution is 2.16. The summed E-state index contributed by atoms with van der Waals surface area (Å²) in [7, 11) is 0. The van der Waals surface area contributed by atoms with Crippen molar-refractivity contribution >= 4 is 17.1 Å². The Morgan fingerprint density at radius 2 is 2.40 bits per heavy atom. The van der Waals surface area contributed by atoms with Crippen molar-refractivity contribution in [3.05, 3.63) is 24.2 Å². The molecule has 1 amide bonds. The SMILES string of the molecule is CC(C)CCn1c(CNC(=O)CC2COCCN2)nc2cccnc21. The van der Waals surface area contributed by atoms with Gasteiger partial charge in [-0.1, -0.05) is 13.8 Å². The second-order valence-corrected chi connectivity index (χ2v) is 6.92. The molecule has 2 aromatic rings. The number of carbonyl (C=O) groups excluding carboxylic acids is 1. The van der Waals surface area contributed by atoms with Gasteiger partial charge in [0.1, 0.15) is 11.3 Å². The summed E-state index contributed by atoms with van der Waals surface area (Å²) in [4.78, 5) is 21.3. The van der Waals surface area contributed by atoms with Crippen LogP contribution in [0.5, 0.6) is 0 Å². The summed E-state index contributed by atoms with van der Waals surface area (Å²) >= 11 is 0. The normalized spacial score (nSPS) is 18.0. The van der Waals surface area contributed by atoms with Crippen molar-refractivity contribution < 1.29 is 9.53 Å². The van der Waals surface area contributed by atoms with Gasteiger partial charge in [-0.05, 0) is 24.5 Å². The topological polar surface area (TPSA) is 81.1 Å². The number of imidazole rings is 1. The van der Waals surface area contributed by atoms with Crippen LogP contribution in [-0.2, 0) is 22.6 Å². The summed E-state index contributed by atoms with van der Waals surface area (Å²) in [5, 5.41) is 6.29. The highest BCUT2D eigenvalue weighted by Gasteiger charge is 2.18. The van der Waals surface area contributed by atoms with Crippen molar-refractivity contribution in [3.63, 3.8) is 0 Å². The predicted octanol–water partition coefficient (Wildman–Crippen LogP) is 1.47. The largest absolute Gasteiger partial charge is 0.378 e. The third-order valence-electron chi connectivity index (χ3n) is 4.39. The van der Waals surface area contributed by atoms with E-state index in [2.05, 4.69) is 39.0 Å². The van der Waals surface area contributed by atoms with E-state index >= 15 is 0 Å². The molecule has 25 heavy (non-hydrogen) atoms. The number of hydrogen-bond donors (Lipinski definition) is 2. The van der Waals surface area contributed by atoms with E-state index in [1.807, 2.05) is 12.1 Å². The number of ether oxygens (including phenoxy) is 1. The summed E-state index contributed by atoms with van der Waals surface area (Å²) < 4.78 is 7.51. The Balaban J connectivity index is 1.65. The second-order valence-electron chi connectivity index (χ2n) is 6.92. The number of aryl methyl sites for hydroxylation is 1. The minimum absolute atomic E-state index is 0.0124. The lowest BCUT2D eigenvalue weighted by atomic mass is 10.1. The maximum absolute atomic E-state index is 12.2. The molecule has 1 atom stereocenters. The van der Waals surface area contributed by atoms with Crippen LogP contribution in [0.15, 0.2) is 18.3 Å². The van der Waals surface area contributed by atoms with Crippen LogP contribution in [0.2, 0.25) is 0 Å². The summed E-state index contributed by atoms with van der Waals surface area (Å²) in [5.74, 6) is 1.47. The Morgan fingerprint density at radius 3 is 3.16 bits per heavy atom. The van der Waals surface area contributed by atoms with Gasteiger partial charge in [-0.25, -0.2) is 9.97 Å². The molecule has 136 valence electrons. The standard InChI is InChI=1S/C18H27N5O2/c1-13(2)5-8-23-16(22-15-4-3-6-20-18(15)23)11-21-17(24)10-14-12-25-9-7-19-14/h3-4,6,13-14,19H,5,7-12H2,1-2H3,(H,21,24). The molecule has 1 aliphatic heterocycles. The fourth-order valence-corrected chi connectivity index (χ4v) is 2.99. The Kier molecular flexibility index (Phi) is 5.99. The Bertz CT molecular complexity index is 707. The van der Waals surface area contributed by atoms with Crippen LogP contribution >= 0.6 is 0 Å². The summed E-state index contributed by atoms with van der Waals surface area (Å²) in [6.45, 7) is 7.78. The van der Waals surface area contributed by atoms with Gasteiger partial charge in [0.05, 0.1) is 19.8 Å². The number of carbonyl (C=O) groups is 1. The van der Waals surface area contributed by atoms with Gasteiger partial charge in [0.2, 0.25) is 5.91 Å².